The number of hydrogen-bond donors (Lipinski definition) is 4. The van der Waals surface area contributed by atoms with E-state index < -0.39 is 42.1 Å². The fraction of sp³-hybridized carbons (Fsp3) is 0.826. The molecule has 10 unspecified atom stereocenters. The number of halogens is 3. The van der Waals surface area contributed by atoms with E-state index in [9.17, 15) is 23.4 Å². The Balaban J connectivity index is 1.52. The van der Waals surface area contributed by atoms with Crippen molar-refractivity contribution >= 4 is 0 Å². The van der Waals surface area contributed by atoms with Crippen LogP contribution in [0.4, 0.5) is 13.2 Å². The summed E-state index contributed by atoms with van der Waals surface area (Å²) in [4.78, 5) is 1.76. The molecule has 1 heterocycles. The van der Waals surface area contributed by atoms with Crippen molar-refractivity contribution in [3.63, 3.8) is 0 Å². The Morgan fingerprint density at radius 1 is 1.19 bits per heavy atom. The number of allylic oxidation sites excluding steroid dienone is 3. The second kappa shape index (κ2) is 9.35. The Kier molecular flexibility index (Phi) is 7.06. The van der Waals surface area contributed by atoms with Crippen LogP contribution in [0.5, 0.6) is 0 Å². The maximum atomic E-state index is 14.5. The SMILES string of the molecule is CNC1CC(O)C2CC(C(O)N(C)C)C[C@@H](C(C)NC3C=C(F)C4C(F)=C4C(F)C3)C2O1. The van der Waals surface area contributed by atoms with Gasteiger partial charge in [-0.15, -0.1) is 0 Å². The van der Waals surface area contributed by atoms with E-state index in [2.05, 4.69) is 10.6 Å². The smallest absolute Gasteiger partial charge is 0.127 e. The van der Waals surface area contributed by atoms with Crippen LogP contribution in [0.3, 0.4) is 0 Å². The number of nitrogens with one attached hydrogen (secondary N) is 2. The van der Waals surface area contributed by atoms with Crippen LogP contribution in [0.15, 0.2) is 23.3 Å². The summed E-state index contributed by atoms with van der Waals surface area (Å²) in [7, 11) is 5.42. The highest BCUT2D eigenvalue weighted by atomic mass is 19.2. The minimum atomic E-state index is -1.50. The summed E-state index contributed by atoms with van der Waals surface area (Å²) < 4.78 is 48.7. The summed E-state index contributed by atoms with van der Waals surface area (Å²) >= 11 is 0. The van der Waals surface area contributed by atoms with Crippen molar-refractivity contribution < 1.29 is 28.1 Å². The van der Waals surface area contributed by atoms with Gasteiger partial charge in [0, 0.05) is 42.3 Å². The van der Waals surface area contributed by atoms with Crippen molar-refractivity contribution in [1.29, 1.82) is 0 Å². The molecular weight excluding hydrogens is 423 g/mol. The zero-order valence-corrected chi connectivity index (χ0v) is 19.1. The van der Waals surface area contributed by atoms with E-state index in [4.69, 9.17) is 4.74 Å². The summed E-state index contributed by atoms with van der Waals surface area (Å²) in [5, 5.41) is 28.0. The first-order chi connectivity index (χ1) is 15.1. The predicted molar refractivity (Wildman–Crippen MR) is 114 cm³/mol. The highest BCUT2D eigenvalue weighted by Gasteiger charge is 2.51. The maximum absolute atomic E-state index is 14.5. The highest BCUT2D eigenvalue weighted by molar-refractivity contribution is 5.47. The van der Waals surface area contributed by atoms with Gasteiger partial charge in [0.15, 0.2) is 0 Å². The lowest BCUT2D eigenvalue weighted by Crippen LogP contribution is -2.59. The van der Waals surface area contributed by atoms with Crippen molar-refractivity contribution in [1.82, 2.24) is 15.5 Å². The average Bonchev–Trinajstić information content (AvgIpc) is 3.45. The van der Waals surface area contributed by atoms with Crippen molar-refractivity contribution in [2.24, 2.45) is 23.7 Å². The predicted octanol–water partition coefficient (Wildman–Crippen LogP) is 2.00. The normalized spacial score (nSPS) is 43.8. The monoisotopic (exact) mass is 459 g/mol. The molecule has 0 bridgehead atoms. The second-order valence-electron chi connectivity index (χ2n) is 10.2. The standard InChI is InChI=1S/C23H36F3N3O3/c1-10(28-12-7-15(24)19-20(21(19)26)16(25)8-12)13-5-11(23(31)29(3)4)6-14-17(30)9-18(27-2)32-22(13)14/h7,10-14,16-19,22-23,27-28,30-31H,5-6,8-9H2,1-4H3/t10?,11?,12?,13-,14?,16?,17?,18?,19?,22?,23?/m0/s1. The van der Waals surface area contributed by atoms with E-state index in [-0.39, 0.29) is 48.1 Å². The molecule has 32 heavy (non-hydrogen) atoms. The molecule has 0 amide bonds. The molecule has 4 N–H and O–H groups in total. The quantitative estimate of drug-likeness (QED) is 0.456. The molecule has 1 aliphatic heterocycles. The first kappa shape index (κ1) is 24.2. The van der Waals surface area contributed by atoms with Crippen LogP contribution in [0, 0.1) is 23.7 Å². The Labute approximate surface area is 187 Å². The number of fused-ring (bicyclic) bond motifs is 2. The number of ether oxygens (including phenoxy) is 1. The molecular formula is C23H36F3N3O3. The molecule has 0 aromatic heterocycles. The Bertz CT molecular complexity index is 764. The molecule has 4 aliphatic rings. The van der Waals surface area contributed by atoms with E-state index >= 15 is 0 Å². The molecule has 11 atom stereocenters. The summed E-state index contributed by atoms with van der Waals surface area (Å²) in [5.74, 6) is -2.68. The first-order valence-electron chi connectivity index (χ1n) is 11.6. The van der Waals surface area contributed by atoms with Crippen LogP contribution in [-0.2, 0) is 4.74 Å². The van der Waals surface area contributed by atoms with Crippen LogP contribution in [0.1, 0.15) is 32.6 Å². The fourth-order valence-electron chi connectivity index (χ4n) is 6.03. The molecule has 0 aromatic rings. The van der Waals surface area contributed by atoms with Gasteiger partial charge in [-0.2, -0.15) is 0 Å². The van der Waals surface area contributed by atoms with E-state index in [1.54, 1.807) is 11.9 Å². The Morgan fingerprint density at radius 2 is 1.91 bits per heavy atom. The Hall–Kier alpha value is -0.970. The lowest BCUT2D eigenvalue weighted by molar-refractivity contribution is -0.198. The van der Waals surface area contributed by atoms with Crippen LogP contribution in [0.2, 0.25) is 0 Å². The number of nitrogens with zero attached hydrogens (tertiary/aromatic N) is 1. The van der Waals surface area contributed by atoms with Crippen molar-refractivity contribution in [2.75, 3.05) is 21.1 Å². The number of aliphatic hydroxyl groups is 2. The number of hydrogen-bond acceptors (Lipinski definition) is 6. The molecule has 2 fully saturated rings. The minimum absolute atomic E-state index is 0.0236. The largest absolute Gasteiger partial charge is 0.393 e. The van der Waals surface area contributed by atoms with E-state index in [0.717, 1.165) is 0 Å². The van der Waals surface area contributed by atoms with Gasteiger partial charge in [-0.1, -0.05) is 0 Å². The third-order valence-corrected chi connectivity index (χ3v) is 7.85. The van der Waals surface area contributed by atoms with Gasteiger partial charge in [0.25, 0.3) is 0 Å². The van der Waals surface area contributed by atoms with E-state index in [1.807, 2.05) is 21.0 Å². The molecule has 0 radical (unpaired) electrons. The van der Waals surface area contributed by atoms with Gasteiger partial charge < -0.3 is 20.3 Å². The van der Waals surface area contributed by atoms with Crippen LogP contribution in [0.25, 0.3) is 0 Å². The molecule has 6 nitrogen and oxygen atoms in total. The zero-order valence-electron chi connectivity index (χ0n) is 19.1. The second-order valence-corrected chi connectivity index (χ2v) is 10.2. The Morgan fingerprint density at radius 3 is 2.56 bits per heavy atom. The van der Waals surface area contributed by atoms with Crippen molar-refractivity contribution in [3.8, 4) is 0 Å². The van der Waals surface area contributed by atoms with Gasteiger partial charge in [0.2, 0.25) is 0 Å². The number of rotatable bonds is 6. The van der Waals surface area contributed by atoms with Crippen LogP contribution < -0.4 is 10.6 Å². The molecule has 0 aromatic carbocycles. The molecule has 3 aliphatic carbocycles. The van der Waals surface area contributed by atoms with Crippen molar-refractivity contribution in [2.45, 2.75) is 75.5 Å². The third kappa shape index (κ3) is 4.52. The fourth-order valence-corrected chi connectivity index (χ4v) is 6.03. The highest BCUT2D eigenvalue weighted by Crippen LogP contribution is 2.51. The molecule has 0 spiro atoms. The summed E-state index contributed by atoms with van der Waals surface area (Å²) in [6.07, 6.45) is -0.211. The van der Waals surface area contributed by atoms with Gasteiger partial charge in [0.1, 0.15) is 30.3 Å². The number of aliphatic hydroxyl groups excluding tert-OH is 2. The summed E-state index contributed by atoms with van der Waals surface area (Å²) in [5.41, 5.74) is -0.0572. The topological polar surface area (TPSA) is 77.0 Å². The molecule has 182 valence electrons. The molecule has 1 saturated carbocycles. The van der Waals surface area contributed by atoms with Crippen molar-refractivity contribution in [3.05, 3.63) is 23.3 Å². The summed E-state index contributed by atoms with van der Waals surface area (Å²) in [6.45, 7) is 1.95. The van der Waals surface area contributed by atoms with Gasteiger partial charge >= 0.3 is 0 Å². The van der Waals surface area contributed by atoms with E-state index in [0.29, 0.717) is 19.3 Å². The molecule has 9 heteroatoms. The maximum Gasteiger partial charge on any atom is 0.127 e. The molecule has 4 rings (SSSR count). The van der Waals surface area contributed by atoms with E-state index in [1.165, 1.54) is 6.08 Å². The average molecular weight is 460 g/mol. The van der Waals surface area contributed by atoms with Crippen LogP contribution >= 0.6 is 0 Å². The van der Waals surface area contributed by atoms with Gasteiger partial charge in [-0.05, 0) is 52.9 Å². The van der Waals surface area contributed by atoms with Gasteiger partial charge in [0.05, 0.1) is 18.1 Å². The molecule has 1 saturated heterocycles. The van der Waals surface area contributed by atoms with Gasteiger partial charge in [-0.25, -0.2) is 13.2 Å². The first-order valence-corrected chi connectivity index (χ1v) is 11.6. The van der Waals surface area contributed by atoms with Gasteiger partial charge in [-0.3, -0.25) is 10.2 Å². The lowest BCUT2D eigenvalue weighted by Gasteiger charge is -2.51. The summed E-state index contributed by atoms with van der Waals surface area (Å²) in [6, 6.07) is -0.767. The minimum Gasteiger partial charge on any atom is -0.393 e. The zero-order chi connectivity index (χ0) is 23.3. The number of alkyl halides is 1. The van der Waals surface area contributed by atoms with Crippen LogP contribution in [-0.4, -0.2) is 79.2 Å². The lowest BCUT2D eigenvalue weighted by atomic mass is 9.66. The third-order valence-electron chi connectivity index (χ3n) is 7.85.